The van der Waals surface area contributed by atoms with E-state index >= 15 is 0 Å². The third-order valence-corrected chi connectivity index (χ3v) is 4.17. The molecule has 0 aromatic carbocycles. The van der Waals surface area contributed by atoms with E-state index in [-0.39, 0.29) is 5.56 Å². The molecule has 3 rings (SSSR count). The summed E-state index contributed by atoms with van der Waals surface area (Å²) in [5, 5.41) is 6.73. The summed E-state index contributed by atoms with van der Waals surface area (Å²) in [7, 11) is 0. The van der Waals surface area contributed by atoms with E-state index in [0.29, 0.717) is 42.8 Å². The first-order valence-electron chi connectivity index (χ1n) is 7.23. The Morgan fingerprint density at radius 1 is 1.48 bits per heavy atom. The smallest absolute Gasteiger partial charge is 0.405 e. The number of alkyl halides is 2. The number of hydrogen-bond acceptors (Lipinski definition) is 5. The van der Waals surface area contributed by atoms with E-state index in [4.69, 9.17) is 10.5 Å². The molecule has 1 aliphatic heterocycles. The van der Waals surface area contributed by atoms with Crippen LogP contribution in [0, 0.1) is 0 Å². The number of primary amides is 1. The fourth-order valence-electron chi connectivity index (χ4n) is 2.84. The molecule has 0 atom stereocenters. The summed E-state index contributed by atoms with van der Waals surface area (Å²) in [5.74, 6) is 0.457. The van der Waals surface area contributed by atoms with E-state index in [0.717, 1.165) is 0 Å². The van der Waals surface area contributed by atoms with Gasteiger partial charge in [-0.05, 0) is 13.0 Å². The Labute approximate surface area is 130 Å². The molecule has 1 aliphatic rings. The molecule has 3 heterocycles. The topological polar surface area (TPSA) is 97.1 Å². The van der Waals surface area contributed by atoms with E-state index in [1.54, 1.807) is 0 Å². The third-order valence-electron chi connectivity index (χ3n) is 4.17. The highest BCUT2D eigenvalue weighted by Crippen LogP contribution is 2.32. The minimum atomic E-state index is -2.61. The first kappa shape index (κ1) is 15.4. The molecule has 3 N–H and O–H groups in total. The molecule has 7 nitrogen and oxygen atoms in total. The zero-order valence-electron chi connectivity index (χ0n) is 12.6. The fraction of sp³-hybridized carbons (Fsp3) is 0.500. The maximum atomic E-state index is 13.2. The van der Waals surface area contributed by atoms with Gasteiger partial charge in [0.25, 0.3) is 6.43 Å². The van der Waals surface area contributed by atoms with Gasteiger partial charge < -0.3 is 15.4 Å². The van der Waals surface area contributed by atoms with Gasteiger partial charge in [0, 0.05) is 36.9 Å². The number of H-pyrrole nitrogens is 1. The maximum absolute atomic E-state index is 13.2. The number of aromatic nitrogens is 3. The van der Waals surface area contributed by atoms with Crippen molar-refractivity contribution in [2.75, 3.05) is 18.0 Å². The Morgan fingerprint density at radius 2 is 2.17 bits per heavy atom. The maximum Gasteiger partial charge on any atom is 0.405 e. The molecule has 0 bridgehead atoms. The highest BCUT2D eigenvalue weighted by Gasteiger charge is 2.34. The SMILES string of the molecule is CC1(OC(N)=O)CCN(c2cc(C(F)F)c3cn[nH]c3n2)CC1. The largest absolute Gasteiger partial charge is 0.443 e. The lowest BCUT2D eigenvalue weighted by Crippen LogP contribution is -2.46. The Kier molecular flexibility index (Phi) is 3.78. The van der Waals surface area contributed by atoms with Gasteiger partial charge in [0.1, 0.15) is 11.4 Å². The molecule has 1 amide bonds. The predicted molar refractivity (Wildman–Crippen MR) is 79.4 cm³/mol. The Hall–Kier alpha value is -2.45. The average Bonchev–Trinajstić information content (AvgIpc) is 2.93. The number of nitrogens with two attached hydrogens (primary N) is 1. The summed E-state index contributed by atoms with van der Waals surface area (Å²) in [4.78, 5) is 17.2. The number of halogens is 2. The van der Waals surface area contributed by atoms with Crippen molar-refractivity contribution < 1.29 is 18.3 Å². The second kappa shape index (κ2) is 5.64. The van der Waals surface area contributed by atoms with Crippen molar-refractivity contribution >= 4 is 22.9 Å². The van der Waals surface area contributed by atoms with Crippen molar-refractivity contribution in [2.45, 2.75) is 31.8 Å². The van der Waals surface area contributed by atoms with Crippen molar-refractivity contribution in [3.05, 3.63) is 17.8 Å². The Morgan fingerprint density at radius 3 is 2.78 bits per heavy atom. The highest BCUT2D eigenvalue weighted by molar-refractivity contribution is 5.80. The molecule has 0 radical (unpaired) electrons. The number of ether oxygens (including phenoxy) is 1. The molecule has 0 saturated carbocycles. The van der Waals surface area contributed by atoms with E-state index in [9.17, 15) is 13.6 Å². The number of amides is 1. The molecule has 0 unspecified atom stereocenters. The van der Waals surface area contributed by atoms with Crippen molar-refractivity contribution in [1.29, 1.82) is 0 Å². The van der Waals surface area contributed by atoms with Crippen LogP contribution in [-0.2, 0) is 4.74 Å². The second-order valence-corrected chi connectivity index (χ2v) is 5.86. The number of piperidine rings is 1. The standard InChI is InChI=1S/C14H17F2N5O2/c1-14(23-13(17)22)2-4-21(5-3-14)10-6-8(11(15)16)9-7-18-20-12(9)19-10/h6-7,11H,2-5H2,1H3,(H2,17,22)(H,18,19,20). The summed E-state index contributed by atoms with van der Waals surface area (Å²) in [5.41, 5.74) is 4.68. The van der Waals surface area contributed by atoms with Crippen LogP contribution in [0.5, 0.6) is 0 Å². The second-order valence-electron chi connectivity index (χ2n) is 5.86. The zero-order valence-corrected chi connectivity index (χ0v) is 12.6. The highest BCUT2D eigenvalue weighted by atomic mass is 19.3. The van der Waals surface area contributed by atoms with Crippen molar-refractivity contribution in [3.63, 3.8) is 0 Å². The quantitative estimate of drug-likeness (QED) is 0.903. The summed E-state index contributed by atoms with van der Waals surface area (Å²) < 4.78 is 31.6. The van der Waals surface area contributed by atoms with Gasteiger partial charge in [-0.3, -0.25) is 5.10 Å². The molecule has 0 spiro atoms. The zero-order chi connectivity index (χ0) is 16.6. The summed E-state index contributed by atoms with van der Waals surface area (Å²) in [6, 6.07) is 1.39. The third kappa shape index (κ3) is 3.03. The van der Waals surface area contributed by atoms with E-state index in [1.807, 2.05) is 11.8 Å². The lowest BCUT2D eigenvalue weighted by molar-refractivity contribution is 0.0126. The van der Waals surface area contributed by atoms with Crippen LogP contribution < -0.4 is 10.6 Å². The van der Waals surface area contributed by atoms with Crippen molar-refractivity contribution in [3.8, 4) is 0 Å². The number of carbonyl (C=O) groups excluding carboxylic acids is 1. The van der Waals surface area contributed by atoms with Gasteiger partial charge in [-0.2, -0.15) is 5.10 Å². The van der Waals surface area contributed by atoms with Gasteiger partial charge in [0.2, 0.25) is 0 Å². The van der Waals surface area contributed by atoms with Crippen LogP contribution >= 0.6 is 0 Å². The number of aromatic amines is 1. The van der Waals surface area contributed by atoms with Crippen LogP contribution in [0.25, 0.3) is 11.0 Å². The number of pyridine rings is 1. The molecule has 2 aromatic heterocycles. The number of rotatable bonds is 3. The van der Waals surface area contributed by atoms with Gasteiger partial charge in [0.15, 0.2) is 5.65 Å². The summed E-state index contributed by atoms with van der Waals surface area (Å²) in [6.45, 7) is 2.86. The van der Waals surface area contributed by atoms with Crippen LogP contribution in [0.4, 0.5) is 19.4 Å². The number of nitrogens with zero attached hydrogens (tertiary/aromatic N) is 3. The molecule has 9 heteroatoms. The minimum Gasteiger partial charge on any atom is -0.443 e. The van der Waals surface area contributed by atoms with Crippen LogP contribution in [0.2, 0.25) is 0 Å². The average molecular weight is 325 g/mol. The summed E-state index contributed by atoms with van der Waals surface area (Å²) >= 11 is 0. The van der Waals surface area contributed by atoms with Gasteiger partial charge in [-0.1, -0.05) is 0 Å². The molecule has 1 fully saturated rings. The molecular weight excluding hydrogens is 308 g/mol. The van der Waals surface area contributed by atoms with Crippen LogP contribution in [0.3, 0.4) is 0 Å². The number of carbonyl (C=O) groups is 1. The van der Waals surface area contributed by atoms with Gasteiger partial charge in [0.05, 0.1) is 6.20 Å². The first-order chi connectivity index (χ1) is 10.9. The summed E-state index contributed by atoms with van der Waals surface area (Å²) in [6.07, 6.45) is -0.976. The molecular formula is C14H17F2N5O2. The molecule has 124 valence electrons. The molecule has 23 heavy (non-hydrogen) atoms. The van der Waals surface area contributed by atoms with Gasteiger partial charge in [-0.15, -0.1) is 0 Å². The van der Waals surface area contributed by atoms with E-state index in [2.05, 4.69) is 15.2 Å². The van der Waals surface area contributed by atoms with Crippen molar-refractivity contribution in [1.82, 2.24) is 15.2 Å². The van der Waals surface area contributed by atoms with Crippen LogP contribution in [-0.4, -0.2) is 40.0 Å². The molecule has 0 aliphatic carbocycles. The lowest BCUT2D eigenvalue weighted by Gasteiger charge is -2.39. The first-order valence-corrected chi connectivity index (χ1v) is 7.23. The van der Waals surface area contributed by atoms with Crippen molar-refractivity contribution in [2.24, 2.45) is 5.73 Å². The van der Waals surface area contributed by atoms with Crippen LogP contribution in [0.15, 0.2) is 12.3 Å². The number of hydrogen-bond donors (Lipinski definition) is 2. The molecule has 2 aromatic rings. The monoisotopic (exact) mass is 325 g/mol. The normalized spacial score (nSPS) is 17.7. The van der Waals surface area contributed by atoms with Crippen LogP contribution in [0.1, 0.15) is 31.8 Å². The van der Waals surface area contributed by atoms with E-state index in [1.165, 1.54) is 12.3 Å². The Bertz CT molecular complexity index is 725. The predicted octanol–water partition coefficient (Wildman–Crippen LogP) is 2.35. The van der Waals surface area contributed by atoms with E-state index < -0.39 is 18.1 Å². The fourth-order valence-corrected chi connectivity index (χ4v) is 2.84. The number of nitrogens with one attached hydrogen (secondary N) is 1. The number of fused-ring (bicyclic) bond motifs is 1. The molecule has 1 saturated heterocycles. The minimum absolute atomic E-state index is 0.0968. The lowest BCUT2D eigenvalue weighted by atomic mass is 9.93. The Balaban J connectivity index is 1.83. The van der Waals surface area contributed by atoms with Gasteiger partial charge >= 0.3 is 6.09 Å². The number of anilines is 1. The van der Waals surface area contributed by atoms with Gasteiger partial charge in [-0.25, -0.2) is 18.6 Å².